The fraction of sp³-hybridized carbons (Fsp3) is 0.348. The molecule has 5 rings (SSSR count). The Morgan fingerprint density at radius 2 is 1.94 bits per heavy atom. The summed E-state index contributed by atoms with van der Waals surface area (Å²) in [5, 5.41) is 6.89. The lowest BCUT2D eigenvalue weighted by Gasteiger charge is -2.37. The van der Waals surface area contributed by atoms with Gasteiger partial charge in [0.25, 0.3) is 5.91 Å². The molecular weight excluding hydrogens is 439 g/mol. The fourth-order valence-corrected chi connectivity index (χ4v) is 4.45. The molecule has 0 radical (unpaired) electrons. The summed E-state index contributed by atoms with van der Waals surface area (Å²) in [6.07, 6.45) is 6.41. The van der Waals surface area contributed by atoms with Crippen molar-refractivity contribution < 1.29 is 13.9 Å². The molecule has 4 aromatic heterocycles. The van der Waals surface area contributed by atoms with Crippen LogP contribution in [0.15, 0.2) is 30.9 Å². The van der Waals surface area contributed by atoms with E-state index in [1.807, 2.05) is 0 Å². The molecule has 176 valence electrons. The van der Waals surface area contributed by atoms with Gasteiger partial charge in [0.05, 0.1) is 35.0 Å². The molecule has 0 aliphatic carbocycles. The second-order valence-corrected chi connectivity index (χ2v) is 8.63. The monoisotopic (exact) mass is 464 g/mol. The van der Waals surface area contributed by atoms with Crippen LogP contribution in [-0.4, -0.2) is 62.5 Å². The summed E-state index contributed by atoms with van der Waals surface area (Å²) >= 11 is 0. The first-order valence-corrected chi connectivity index (χ1v) is 11.0. The molecule has 11 heteroatoms. The number of hydrogen-bond donors (Lipinski definition) is 2. The van der Waals surface area contributed by atoms with Crippen molar-refractivity contribution in [2.75, 3.05) is 30.4 Å². The summed E-state index contributed by atoms with van der Waals surface area (Å²) in [4.78, 5) is 32.9. The lowest BCUT2D eigenvalue weighted by molar-refractivity contribution is 0.102. The van der Waals surface area contributed by atoms with Crippen molar-refractivity contribution in [2.24, 2.45) is 0 Å². The number of piperazine rings is 1. The van der Waals surface area contributed by atoms with Gasteiger partial charge in [0.1, 0.15) is 5.82 Å². The first-order chi connectivity index (χ1) is 16.3. The standard InChI is InChI=1S/C23H25FN8O2/c1-12-8-31(9-13(2)27-12)20-16-6-26-23(34-4)30-19(16)17(7-25-20)22(33)29-15-5-18(24)21-28-14(3)10-32(21)11-15/h5-7,10-13,27H,8-9H2,1-4H3,(H,29,33). The van der Waals surface area contributed by atoms with Crippen LogP contribution < -0.4 is 20.3 Å². The van der Waals surface area contributed by atoms with Gasteiger partial charge in [-0.15, -0.1) is 0 Å². The van der Waals surface area contributed by atoms with Crippen LogP contribution in [0.4, 0.5) is 15.9 Å². The zero-order valence-corrected chi connectivity index (χ0v) is 19.3. The van der Waals surface area contributed by atoms with Gasteiger partial charge in [-0.2, -0.15) is 4.98 Å². The van der Waals surface area contributed by atoms with Gasteiger partial charge in [-0.3, -0.25) is 4.79 Å². The Hall–Kier alpha value is -3.86. The van der Waals surface area contributed by atoms with E-state index in [1.165, 1.54) is 23.8 Å². The topological polar surface area (TPSA) is 110 Å². The Bertz CT molecular complexity index is 1400. The molecule has 1 saturated heterocycles. The molecule has 10 nitrogen and oxygen atoms in total. The number of carbonyl (C=O) groups is 1. The van der Waals surface area contributed by atoms with Crippen molar-refractivity contribution in [1.82, 2.24) is 29.7 Å². The van der Waals surface area contributed by atoms with Gasteiger partial charge < -0.3 is 24.7 Å². The average Bonchev–Trinajstić information content (AvgIpc) is 3.18. The molecule has 1 amide bonds. The van der Waals surface area contributed by atoms with Crippen LogP contribution in [0.1, 0.15) is 29.9 Å². The van der Waals surface area contributed by atoms with Gasteiger partial charge in [-0.05, 0) is 20.8 Å². The highest BCUT2D eigenvalue weighted by molar-refractivity contribution is 6.13. The molecule has 2 N–H and O–H groups in total. The highest BCUT2D eigenvalue weighted by Crippen LogP contribution is 2.29. The Morgan fingerprint density at radius 1 is 1.18 bits per heavy atom. The van der Waals surface area contributed by atoms with E-state index in [0.29, 0.717) is 22.4 Å². The van der Waals surface area contributed by atoms with Crippen molar-refractivity contribution in [1.29, 1.82) is 0 Å². The number of ether oxygens (including phenoxy) is 1. The third kappa shape index (κ3) is 3.98. The van der Waals surface area contributed by atoms with Crippen LogP contribution >= 0.6 is 0 Å². The second kappa shape index (κ2) is 8.49. The first kappa shape index (κ1) is 22.0. The third-order valence-corrected chi connectivity index (χ3v) is 5.75. The number of fused-ring (bicyclic) bond motifs is 2. The molecule has 0 saturated carbocycles. The Morgan fingerprint density at radius 3 is 2.68 bits per heavy atom. The number of anilines is 2. The predicted molar refractivity (Wildman–Crippen MR) is 126 cm³/mol. The number of carbonyl (C=O) groups excluding carboxylic acids is 1. The number of pyridine rings is 2. The lowest BCUT2D eigenvalue weighted by atomic mass is 10.1. The Labute approximate surface area is 195 Å². The van der Waals surface area contributed by atoms with E-state index in [2.05, 4.69) is 49.3 Å². The van der Waals surface area contributed by atoms with Crippen molar-refractivity contribution in [2.45, 2.75) is 32.9 Å². The third-order valence-electron chi connectivity index (χ3n) is 5.75. The summed E-state index contributed by atoms with van der Waals surface area (Å²) in [6, 6.07) is 1.93. The van der Waals surface area contributed by atoms with Gasteiger partial charge >= 0.3 is 6.01 Å². The van der Waals surface area contributed by atoms with Crippen LogP contribution in [0.5, 0.6) is 6.01 Å². The minimum Gasteiger partial charge on any atom is -0.467 e. The highest BCUT2D eigenvalue weighted by atomic mass is 19.1. The number of nitrogens with zero attached hydrogens (tertiary/aromatic N) is 6. The Kier molecular flexibility index (Phi) is 5.48. The van der Waals surface area contributed by atoms with Crippen LogP contribution in [0, 0.1) is 12.7 Å². The number of imidazole rings is 1. The summed E-state index contributed by atoms with van der Waals surface area (Å²) in [5.74, 6) is -0.298. The molecule has 2 unspecified atom stereocenters. The van der Waals surface area contributed by atoms with Crippen molar-refractivity contribution in [3.05, 3.63) is 47.9 Å². The van der Waals surface area contributed by atoms with Crippen LogP contribution in [0.25, 0.3) is 16.6 Å². The number of methoxy groups -OCH3 is 1. The number of nitrogens with one attached hydrogen (secondary N) is 2. The number of aryl methyl sites for hydroxylation is 1. The number of halogens is 1. The molecule has 0 aromatic carbocycles. The molecule has 1 fully saturated rings. The molecule has 5 heterocycles. The van der Waals surface area contributed by atoms with E-state index >= 15 is 0 Å². The average molecular weight is 465 g/mol. The maximum Gasteiger partial charge on any atom is 0.316 e. The maximum absolute atomic E-state index is 14.5. The molecule has 34 heavy (non-hydrogen) atoms. The van der Waals surface area contributed by atoms with Crippen molar-refractivity contribution in [3.63, 3.8) is 0 Å². The molecule has 2 atom stereocenters. The summed E-state index contributed by atoms with van der Waals surface area (Å²) in [5.41, 5.74) is 1.80. The number of aromatic nitrogens is 5. The van der Waals surface area contributed by atoms with Crippen LogP contribution in [0.3, 0.4) is 0 Å². The molecule has 1 aliphatic rings. The van der Waals surface area contributed by atoms with Gasteiger partial charge in [0.15, 0.2) is 11.5 Å². The van der Waals surface area contributed by atoms with E-state index in [0.717, 1.165) is 13.1 Å². The van der Waals surface area contributed by atoms with Crippen LogP contribution in [-0.2, 0) is 0 Å². The van der Waals surface area contributed by atoms with E-state index in [1.54, 1.807) is 25.5 Å². The molecule has 0 bridgehead atoms. The fourth-order valence-electron chi connectivity index (χ4n) is 4.45. The summed E-state index contributed by atoms with van der Waals surface area (Å²) < 4.78 is 21.2. The van der Waals surface area contributed by atoms with Gasteiger partial charge in [0, 0.05) is 56.0 Å². The van der Waals surface area contributed by atoms with E-state index in [4.69, 9.17) is 4.74 Å². The van der Waals surface area contributed by atoms with Crippen molar-refractivity contribution in [3.8, 4) is 6.01 Å². The quantitative estimate of drug-likeness (QED) is 0.474. The zero-order chi connectivity index (χ0) is 24.0. The predicted octanol–water partition coefficient (Wildman–Crippen LogP) is 2.57. The van der Waals surface area contributed by atoms with E-state index < -0.39 is 11.7 Å². The maximum atomic E-state index is 14.5. The minimum absolute atomic E-state index is 0.141. The number of rotatable bonds is 4. The zero-order valence-electron chi connectivity index (χ0n) is 19.3. The number of amides is 1. The minimum atomic E-state index is -0.532. The van der Waals surface area contributed by atoms with Gasteiger partial charge in [-0.25, -0.2) is 19.3 Å². The molecule has 4 aromatic rings. The van der Waals surface area contributed by atoms with Crippen LogP contribution in [0.2, 0.25) is 0 Å². The normalized spacial score (nSPS) is 18.4. The van der Waals surface area contributed by atoms with Gasteiger partial charge in [0.2, 0.25) is 0 Å². The molecule has 1 aliphatic heterocycles. The summed E-state index contributed by atoms with van der Waals surface area (Å²) in [6.45, 7) is 7.52. The van der Waals surface area contributed by atoms with E-state index in [9.17, 15) is 9.18 Å². The highest BCUT2D eigenvalue weighted by Gasteiger charge is 2.26. The molecular formula is C23H25FN8O2. The Balaban J connectivity index is 1.54. The second-order valence-electron chi connectivity index (χ2n) is 8.63. The smallest absolute Gasteiger partial charge is 0.316 e. The summed E-state index contributed by atoms with van der Waals surface area (Å²) in [7, 11) is 1.47. The SMILES string of the molecule is COc1ncc2c(N3CC(C)NC(C)C3)ncc(C(=O)Nc3cc(F)c4nc(C)cn4c3)c2n1. The van der Waals surface area contributed by atoms with Crippen molar-refractivity contribution >= 4 is 34.0 Å². The van der Waals surface area contributed by atoms with E-state index in [-0.39, 0.29) is 35.0 Å². The largest absolute Gasteiger partial charge is 0.467 e. The molecule has 0 spiro atoms. The number of hydrogen-bond acceptors (Lipinski definition) is 8. The van der Waals surface area contributed by atoms with Gasteiger partial charge in [-0.1, -0.05) is 0 Å². The lowest BCUT2D eigenvalue weighted by Crippen LogP contribution is -2.54. The first-order valence-electron chi connectivity index (χ1n) is 11.0.